The van der Waals surface area contributed by atoms with Crippen molar-refractivity contribution in [3.8, 4) is 0 Å². The predicted octanol–water partition coefficient (Wildman–Crippen LogP) is 5.73. The fourth-order valence-electron chi connectivity index (χ4n) is 4.19. The minimum Gasteiger partial charge on any atom is -0.481 e. The number of unbranched alkanes of at least 4 members (excludes halogenated alkanes) is 3. The highest BCUT2D eigenvalue weighted by atomic mass is 16.6. The van der Waals surface area contributed by atoms with Crippen molar-refractivity contribution in [3.05, 3.63) is 0 Å². The van der Waals surface area contributed by atoms with Crippen molar-refractivity contribution in [2.24, 2.45) is 11.8 Å². The third kappa shape index (κ3) is 7.37. The summed E-state index contributed by atoms with van der Waals surface area (Å²) in [5, 5.41) is 9.11. The van der Waals surface area contributed by atoms with Gasteiger partial charge in [0.15, 0.2) is 0 Å². The molecule has 0 amide bonds. The maximum atomic E-state index is 12.8. The van der Waals surface area contributed by atoms with Gasteiger partial charge in [0.25, 0.3) is 0 Å². The van der Waals surface area contributed by atoms with Gasteiger partial charge < -0.3 is 9.84 Å². The lowest BCUT2D eigenvalue weighted by Gasteiger charge is -2.36. The lowest BCUT2D eigenvalue weighted by atomic mass is 9.81. The molecule has 0 spiro atoms. The molecule has 0 aromatic rings. The summed E-state index contributed by atoms with van der Waals surface area (Å²) in [4.78, 5) is 23.8. The highest BCUT2D eigenvalue weighted by Crippen LogP contribution is 2.35. The summed E-state index contributed by atoms with van der Waals surface area (Å²) in [6.07, 6.45) is 12.1. The van der Waals surface area contributed by atoms with Crippen LogP contribution in [0.1, 0.15) is 104 Å². The number of carboxylic acids is 1. The van der Waals surface area contributed by atoms with Gasteiger partial charge in [-0.2, -0.15) is 0 Å². The highest BCUT2D eigenvalue weighted by Gasteiger charge is 2.37. The van der Waals surface area contributed by atoms with Crippen molar-refractivity contribution in [1.82, 2.24) is 0 Å². The van der Waals surface area contributed by atoms with Crippen molar-refractivity contribution < 1.29 is 19.4 Å². The Morgan fingerprint density at radius 2 is 1.40 bits per heavy atom. The number of hydrogen-bond acceptors (Lipinski definition) is 3. The normalized spacial score (nSPS) is 21.1. The molecule has 0 saturated heterocycles. The van der Waals surface area contributed by atoms with Gasteiger partial charge in [0, 0.05) is 0 Å². The predicted molar refractivity (Wildman–Crippen MR) is 100 cm³/mol. The number of carbonyl (C=O) groups excluding carboxylic acids is 1. The van der Waals surface area contributed by atoms with Gasteiger partial charge in [-0.3, -0.25) is 9.59 Å². The maximum Gasteiger partial charge on any atom is 0.309 e. The Balaban J connectivity index is 2.65. The standard InChI is InChI=1S/C21H38O4/c1-4-7-8-9-16-21(14-5-2,15-6-3)25-20(24)18-12-10-17(11-13-18)19(22)23/h17-18H,4-16H2,1-3H3,(H,22,23). The largest absolute Gasteiger partial charge is 0.481 e. The van der Waals surface area contributed by atoms with Gasteiger partial charge >= 0.3 is 11.9 Å². The molecule has 0 unspecified atom stereocenters. The monoisotopic (exact) mass is 354 g/mol. The first-order valence-corrected chi connectivity index (χ1v) is 10.4. The van der Waals surface area contributed by atoms with Gasteiger partial charge in [-0.25, -0.2) is 0 Å². The lowest BCUT2D eigenvalue weighted by Crippen LogP contribution is -2.38. The Bertz CT molecular complexity index is 391. The first-order chi connectivity index (χ1) is 12.0. The van der Waals surface area contributed by atoms with Crippen LogP contribution in [-0.2, 0) is 14.3 Å². The molecule has 0 atom stereocenters. The molecule has 0 aromatic heterocycles. The average molecular weight is 355 g/mol. The van der Waals surface area contributed by atoms with Crippen LogP contribution in [-0.4, -0.2) is 22.6 Å². The molecular weight excluding hydrogens is 316 g/mol. The molecule has 4 nitrogen and oxygen atoms in total. The van der Waals surface area contributed by atoms with E-state index in [2.05, 4.69) is 20.8 Å². The fourth-order valence-corrected chi connectivity index (χ4v) is 4.19. The Morgan fingerprint density at radius 3 is 1.88 bits per heavy atom. The average Bonchev–Trinajstić information content (AvgIpc) is 2.59. The molecule has 0 aromatic carbocycles. The van der Waals surface area contributed by atoms with E-state index in [-0.39, 0.29) is 23.4 Å². The highest BCUT2D eigenvalue weighted by molar-refractivity contribution is 5.74. The summed E-state index contributed by atoms with van der Waals surface area (Å²) in [6, 6.07) is 0. The first-order valence-electron chi connectivity index (χ1n) is 10.4. The van der Waals surface area contributed by atoms with Crippen LogP contribution in [0.25, 0.3) is 0 Å². The zero-order valence-corrected chi connectivity index (χ0v) is 16.5. The second-order valence-corrected chi connectivity index (χ2v) is 7.80. The molecule has 25 heavy (non-hydrogen) atoms. The van der Waals surface area contributed by atoms with Crippen molar-refractivity contribution in [2.45, 2.75) is 110 Å². The van der Waals surface area contributed by atoms with Gasteiger partial charge in [0.2, 0.25) is 0 Å². The van der Waals surface area contributed by atoms with Crippen molar-refractivity contribution in [1.29, 1.82) is 0 Å². The van der Waals surface area contributed by atoms with Gasteiger partial charge in [0.05, 0.1) is 11.8 Å². The molecule has 4 heteroatoms. The Labute approximate surface area is 153 Å². The van der Waals surface area contributed by atoms with E-state index in [0.717, 1.165) is 38.5 Å². The van der Waals surface area contributed by atoms with E-state index < -0.39 is 5.97 Å². The Morgan fingerprint density at radius 1 is 0.840 bits per heavy atom. The second-order valence-electron chi connectivity index (χ2n) is 7.80. The number of rotatable bonds is 12. The molecular formula is C21H38O4. The number of ether oxygens (including phenoxy) is 1. The summed E-state index contributed by atoms with van der Waals surface area (Å²) in [5.41, 5.74) is -0.308. The molecule has 0 aliphatic heterocycles. The lowest BCUT2D eigenvalue weighted by molar-refractivity contribution is -0.170. The van der Waals surface area contributed by atoms with E-state index in [0.29, 0.717) is 25.7 Å². The number of carboxylic acid groups (broad SMARTS) is 1. The molecule has 146 valence electrons. The van der Waals surface area contributed by atoms with Gasteiger partial charge in [-0.15, -0.1) is 0 Å². The van der Waals surface area contributed by atoms with E-state index >= 15 is 0 Å². The van der Waals surface area contributed by atoms with Crippen molar-refractivity contribution in [3.63, 3.8) is 0 Å². The SMILES string of the molecule is CCCCCCC(CCC)(CCC)OC(=O)C1CCC(C(=O)O)CC1. The number of esters is 1. The first kappa shape index (κ1) is 22.0. The molecule has 0 bridgehead atoms. The maximum absolute atomic E-state index is 12.8. The molecule has 1 fully saturated rings. The van der Waals surface area contributed by atoms with Gasteiger partial charge in [-0.1, -0.05) is 52.9 Å². The second kappa shape index (κ2) is 11.5. The minimum atomic E-state index is -0.728. The van der Waals surface area contributed by atoms with Crippen LogP contribution in [0.3, 0.4) is 0 Å². The summed E-state index contributed by atoms with van der Waals surface area (Å²) < 4.78 is 6.15. The quantitative estimate of drug-likeness (QED) is 0.359. The van der Waals surface area contributed by atoms with E-state index in [1.54, 1.807) is 0 Å². The van der Waals surface area contributed by atoms with Crippen LogP contribution in [0.2, 0.25) is 0 Å². The smallest absolute Gasteiger partial charge is 0.309 e. The van der Waals surface area contributed by atoms with E-state index in [9.17, 15) is 9.59 Å². The summed E-state index contributed by atoms with van der Waals surface area (Å²) in [6.45, 7) is 6.52. The molecule has 0 radical (unpaired) electrons. The molecule has 1 aliphatic rings. The van der Waals surface area contributed by atoms with Gasteiger partial charge in [0.1, 0.15) is 5.60 Å². The zero-order valence-electron chi connectivity index (χ0n) is 16.5. The van der Waals surface area contributed by atoms with E-state index in [1.807, 2.05) is 0 Å². The van der Waals surface area contributed by atoms with Gasteiger partial charge in [-0.05, 0) is 51.4 Å². The van der Waals surface area contributed by atoms with Crippen molar-refractivity contribution in [2.75, 3.05) is 0 Å². The van der Waals surface area contributed by atoms with Crippen LogP contribution in [0, 0.1) is 11.8 Å². The molecule has 0 heterocycles. The topological polar surface area (TPSA) is 63.6 Å². The third-order valence-electron chi connectivity index (χ3n) is 5.62. The fraction of sp³-hybridized carbons (Fsp3) is 0.905. The van der Waals surface area contributed by atoms with Crippen LogP contribution in [0.15, 0.2) is 0 Å². The van der Waals surface area contributed by atoms with Crippen LogP contribution >= 0.6 is 0 Å². The minimum absolute atomic E-state index is 0.0822. The van der Waals surface area contributed by atoms with Crippen molar-refractivity contribution >= 4 is 11.9 Å². The number of aliphatic carboxylic acids is 1. The molecule has 1 aliphatic carbocycles. The third-order valence-corrected chi connectivity index (χ3v) is 5.62. The summed E-state index contributed by atoms with van der Waals surface area (Å²) in [5.74, 6) is -1.20. The van der Waals surface area contributed by atoms with Crippen LogP contribution in [0.5, 0.6) is 0 Å². The number of hydrogen-bond donors (Lipinski definition) is 1. The van der Waals surface area contributed by atoms with E-state index in [4.69, 9.17) is 9.84 Å². The van der Waals surface area contributed by atoms with Crippen LogP contribution in [0.4, 0.5) is 0 Å². The van der Waals surface area contributed by atoms with Crippen LogP contribution < -0.4 is 0 Å². The Hall–Kier alpha value is -1.06. The number of carbonyl (C=O) groups is 2. The van der Waals surface area contributed by atoms with E-state index in [1.165, 1.54) is 19.3 Å². The molecule has 1 rings (SSSR count). The summed E-state index contributed by atoms with van der Waals surface area (Å²) >= 11 is 0. The Kier molecular flexibility index (Phi) is 10.1. The zero-order chi connectivity index (χ0) is 18.7. The summed E-state index contributed by atoms with van der Waals surface area (Å²) in [7, 11) is 0. The molecule has 1 saturated carbocycles. The molecule has 1 N–H and O–H groups in total.